The molecule has 1 N–H and O–H groups in total. The summed E-state index contributed by atoms with van der Waals surface area (Å²) < 4.78 is 30.3. The predicted octanol–water partition coefficient (Wildman–Crippen LogP) is 0.744. The van der Waals surface area contributed by atoms with E-state index in [1.165, 1.54) is 10.7 Å². The van der Waals surface area contributed by atoms with Crippen LogP contribution in [0.15, 0.2) is 41.8 Å². The Morgan fingerprint density at radius 3 is 2.57 bits per heavy atom. The second-order valence-corrected chi connectivity index (χ2v) is 8.23. The molecule has 3 aromatic rings. The average molecular weight is 402 g/mol. The van der Waals surface area contributed by atoms with Crippen LogP contribution in [0.5, 0.6) is 0 Å². The Labute approximate surface area is 161 Å². The molecule has 10 nitrogen and oxygen atoms in total. The number of morpholine rings is 1. The van der Waals surface area contributed by atoms with Crippen molar-refractivity contribution in [3.8, 4) is 0 Å². The number of anilines is 2. The first-order valence-electron chi connectivity index (χ1n) is 8.57. The molecule has 0 bridgehead atoms. The lowest BCUT2D eigenvalue weighted by Gasteiger charge is -2.26. The van der Waals surface area contributed by atoms with E-state index < -0.39 is 9.84 Å². The van der Waals surface area contributed by atoms with Crippen molar-refractivity contribution >= 4 is 32.9 Å². The fourth-order valence-electron chi connectivity index (χ4n) is 2.83. The molecule has 0 radical (unpaired) electrons. The first-order valence-corrected chi connectivity index (χ1v) is 10.5. The molecule has 1 aromatic carbocycles. The van der Waals surface area contributed by atoms with Gasteiger partial charge in [0.25, 0.3) is 11.1 Å². The van der Waals surface area contributed by atoms with Crippen LogP contribution in [0.4, 0.5) is 11.5 Å². The molecule has 11 heteroatoms. The average Bonchev–Trinajstić information content (AvgIpc) is 3.17. The van der Waals surface area contributed by atoms with E-state index in [-0.39, 0.29) is 16.9 Å². The Morgan fingerprint density at radius 2 is 1.89 bits per heavy atom. The lowest BCUT2D eigenvalue weighted by Crippen LogP contribution is -2.40. The Hall–Kier alpha value is -3.05. The van der Waals surface area contributed by atoms with Gasteiger partial charge in [-0.2, -0.15) is 4.98 Å². The van der Waals surface area contributed by atoms with Gasteiger partial charge in [0.1, 0.15) is 0 Å². The number of sulfone groups is 1. The van der Waals surface area contributed by atoms with Crippen LogP contribution < -0.4 is 5.32 Å². The number of ether oxygens (including phenoxy) is 1. The molecule has 1 fully saturated rings. The summed E-state index contributed by atoms with van der Waals surface area (Å²) in [5.74, 6) is 0.208. The number of hydrogen-bond donors (Lipinski definition) is 1. The number of nitrogens with zero attached hydrogens (tertiary/aromatic N) is 5. The van der Waals surface area contributed by atoms with E-state index in [4.69, 9.17) is 4.74 Å². The van der Waals surface area contributed by atoms with Crippen molar-refractivity contribution in [2.45, 2.75) is 5.16 Å². The van der Waals surface area contributed by atoms with Crippen LogP contribution in [-0.2, 0) is 14.6 Å². The number of nitrogens with one attached hydrogen (secondary N) is 1. The lowest BCUT2D eigenvalue weighted by molar-refractivity contribution is 0.0303. The molecule has 0 unspecified atom stereocenters. The highest BCUT2D eigenvalue weighted by Crippen LogP contribution is 2.20. The highest BCUT2D eigenvalue weighted by atomic mass is 32.2. The molecule has 0 saturated carbocycles. The minimum atomic E-state index is -3.59. The van der Waals surface area contributed by atoms with Gasteiger partial charge in [0.05, 0.1) is 13.2 Å². The molecule has 0 spiro atoms. The van der Waals surface area contributed by atoms with E-state index in [0.29, 0.717) is 43.2 Å². The third-order valence-corrected chi connectivity index (χ3v) is 5.09. The van der Waals surface area contributed by atoms with Crippen molar-refractivity contribution in [1.82, 2.24) is 24.5 Å². The molecule has 146 valence electrons. The molecule has 1 saturated heterocycles. The first kappa shape index (κ1) is 18.3. The number of fused-ring (bicyclic) bond motifs is 1. The quantitative estimate of drug-likeness (QED) is 0.679. The molecule has 0 atom stereocenters. The molecule has 1 aliphatic rings. The molecular formula is C17H18N6O4S. The molecule has 4 rings (SSSR count). The van der Waals surface area contributed by atoms with Crippen LogP contribution in [-0.4, -0.2) is 71.4 Å². The maximum absolute atomic E-state index is 12.5. The van der Waals surface area contributed by atoms with E-state index in [1.54, 1.807) is 35.4 Å². The van der Waals surface area contributed by atoms with Gasteiger partial charge in [0.2, 0.25) is 9.84 Å². The molecule has 0 aliphatic carbocycles. The van der Waals surface area contributed by atoms with Gasteiger partial charge in [-0.05, 0) is 24.3 Å². The number of amides is 1. The Morgan fingerprint density at radius 1 is 1.18 bits per heavy atom. The Bertz CT molecular complexity index is 1120. The number of hydrogen-bond acceptors (Lipinski definition) is 8. The first-order chi connectivity index (χ1) is 13.4. The van der Waals surface area contributed by atoms with E-state index >= 15 is 0 Å². The highest BCUT2D eigenvalue weighted by Gasteiger charge is 2.19. The number of benzene rings is 1. The standard InChI is InChI=1S/C17H18N6O4S/c1-28(25,26)17-20-14(15-18-6-7-23(15)21-17)19-13-4-2-12(3-5-13)16(24)22-8-10-27-11-9-22/h2-7H,8-11H2,1H3,(H,19,20,21). The van der Waals surface area contributed by atoms with Gasteiger partial charge >= 0.3 is 0 Å². The minimum Gasteiger partial charge on any atom is -0.378 e. The van der Waals surface area contributed by atoms with E-state index in [2.05, 4.69) is 20.4 Å². The van der Waals surface area contributed by atoms with Crippen LogP contribution in [0.2, 0.25) is 0 Å². The Kier molecular flexibility index (Phi) is 4.69. The van der Waals surface area contributed by atoms with Crippen molar-refractivity contribution in [3.63, 3.8) is 0 Å². The number of aromatic nitrogens is 4. The van der Waals surface area contributed by atoms with Crippen LogP contribution in [0, 0.1) is 0 Å². The monoisotopic (exact) mass is 402 g/mol. The summed E-state index contributed by atoms with van der Waals surface area (Å²) in [4.78, 5) is 22.5. The number of rotatable bonds is 4. The summed E-state index contributed by atoms with van der Waals surface area (Å²) in [6.07, 6.45) is 4.09. The van der Waals surface area contributed by atoms with Gasteiger partial charge in [0, 0.05) is 43.0 Å². The highest BCUT2D eigenvalue weighted by molar-refractivity contribution is 7.90. The fourth-order valence-corrected chi connectivity index (χ4v) is 3.32. The number of carbonyl (C=O) groups excluding carboxylic acids is 1. The molecule has 3 heterocycles. The zero-order valence-electron chi connectivity index (χ0n) is 15.1. The van der Waals surface area contributed by atoms with Crippen molar-refractivity contribution in [2.75, 3.05) is 37.9 Å². The van der Waals surface area contributed by atoms with Gasteiger partial charge in [-0.25, -0.2) is 17.9 Å². The van der Waals surface area contributed by atoms with E-state index in [0.717, 1.165) is 6.26 Å². The topological polar surface area (TPSA) is 119 Å². The van der Waals surface area contributed by atoms with Crippen LogP contribution in [0.25, 0.3) is 5.65 Å². The summed E-state index contributed by atoms with van der Waals surface area (Å²) in [6.45, 7) is 2.24. The van der Waals surface area contributed by atoms with Crippen molar-refractivity contribution in [1.29, 1.82) is 0 Å². The number of carbonyl (C=O) groups is 1. The van der Waals surface area contributed by atoms with Gasteiger partial charge in [-0.15, -0.1) is 5.10 Å². The fraction of sp³-hybridized carbons (Fsp3) is 0.294. The number of imidazole rings is 1. The summed E-state index contributed by atoms with van der Waals surface area (Å²) in [5.41, 5.74) is 1.60. The zero-order valence-corrected chi connectivity index (χ0v) is 15.9. The molecule has 28 heavy (non-hydrogen) atoms. The van der Waals surface area contributed by atoms with Crippen molar-refractivity contribution < 1.29 is 17.9 Å². The second-order valence-electron chi connectivity index (χ2n) is 6.32. The maximum Gasteiger partial charge on any atom is 0.267 e. The third kappa shape index (κ3) is 3.66. The smallest absolute Gasteiger partial charge is 0.267 e. The molecule has 1 aliphatic heterocycles. The minimum absolute atomic E-state index is 0.0492. The van der Waals surface area contributed by atoms with Crippen LogP contribution in [0.1, 0.15) is 10.4 Å². The predicted molar refractivity (Wildman–Crippen MR) is 100 cm³/mol. The summed E-state index contributed by atoms with van der Waals surface area (Å²) in [5, 5.41) is 6.69. The van der Waals surface area contributed by atoms with E-state index in [1.807, 2.05) is 0 Å². The second kappa shape index (κ2) is 7.17. The zero-order chi connectivity index (χ0) is 19.7. The van der Waals surface area contributed by atoms with Crippen molar-refractivity contribution in [3.05, 3.63) is 42.2 Å². The van der Waals surface area contributed by atoms with Gasteiger partial charge in [-0.3, -0.25) is 4.79 Å². The summed E-state index contributed by atoms with van der Waals surface area (Å²) >= 11 is 0. The lowest BCUT2D eigenvalue weighted by atomic mass is 10.1. The largest absolute Gasteiger partial charge is 0.378 e. The van der Waals surface area contributed by atoms with Crippen LogP contribution >= 0.6 is 0 Å². The summed E-state index contributed by atoms with van der Waals surface area (Å²) in [6, 6.07) is 6.88. The molecule has 1 amide bonds. The van der Waals surface area contributed by atoms with Crippen LogP contribution in [0.3, 0.4) is 0 Å². The van der Waals surface area contributed by atoms with Crippen molar-refractivity contribution in [2.24, 2.45) is 0 Å². The van der Waals surface area contributed by atoms with Gasteiger partial charge in [-0.1, -0.05) is 0 Å². The van der Waals surface area contributed by atoms with Gasteiger partial charge < -0.3 is 15.0 Å². The maximum atomic E-state index is 12.5. The SMILES string of the molecule is CS(=O)(=O)c1nc(Nc2ccc(C(=O)N3CCOCC3)cc2)c2nccn2n1. The Balaban J connectivity index is 1.59. The molecule has 2 aromatic heterocycles. The molecular weight excluding hydrogens is 384 g/mol. The third-order valence-electron chi connectivity index (χ3n) is 4.26. The van der Waals surface area contributed by atoms with Gasteiger partial charge in [0.15, 0.2) is 11.5 Å². The normalized spacial score (nSPS) is 15.0. The van der Waals surface area contributed by atoms with E-state index in [9.17, 15) is 13.2 Å². The summed E-state index contributed by atoms with van der Waals surface area (Å²) in [7, 11) is -3.59.